The van der Waals surface area contributed by atoms with Gasteiger partial charge in [0.15, 0.2) is 0 Å². The van der Waals surface area contributed by atoms with Gasteiger partial charge in [-0.15, -0.1) is 11.3 Å². The van der Waals surface area contributed by atoms with Crippen LogP contribution in [0.2, 0.25) is 0 Å². The molecule has 0 N–H and O–H groups in total. The van der Waals surface area contributed by atoms with Crippen molar-refractivity contribution in [1.82, 2.24) is 0 Å². The third kappa shape index (κ3) is 2.10. The molecular formula is C11H18S. The van der Waals surface area contributed by atoms with Crippen LogP contribution >= 0.6 is 11.3 Å². The Morgan fingerprint density at radius 2 is 1.75 bits per heavy atom. The molecule has 0 fully saturated rings. The number of rotatable bonds is 3. The molecule has 0 saturated heterocycles. The molecule has 12 heavy (non-hydrogen) atoms. The van der Waals surface area contributed by atoms with Crippen LogP contribution in [0.1, 0.15) is 55.7 Å². The Morgan fingerprint density at radius 1 is 1.17 bits per heavy atom. The zero-order valence-corrected chi connectivity index (χ0v) is 9.24. The second-order valence-corrected chi connectivity index (χ2v) is 4.85. The van der Waals surface area contributed by atoms with Crippen LogP contribution in [-0.2, 0) is 0 Å². The quantitative estimate of drug-likeness (QED) is 0.650. The lowest BCUT2D eigenvalue weighted by Crippen LogP contribution is -1.84. The molecule has 0 spiro atoms. The molecular weight excluding hydrogens is 164 g/mol. The molecule has 1 aromatic rings. The lowest BCUT2D eigenvalue weighted by molar-refractivity contribution is 0.748. The fourth-order valence-electron chi connectivity index (χ4n) is 1.14. The zero-order chi connectivity index (χ0) is 9.14. The van der Waals surface area contributed by atoms with Crippen molar-refractivity contribution >= 4 is 11.3 Å². The van der Waals surface area contributed by atoms with Crippen LogP contribution in [0, 0.1) is 0 Å². The fourth-order valence-corrected chi connectivity index (χ4v) is 2.29. The summed E-state index contributed by atoms with van der Waals surface area (Å²) in [7, 11) is 0. The molecule has 0 amide bonds. The molecule has 1 rings (SSSR count). The van der Waals surface area contributed by atoms with E-state index >= 15 is 0 Å². The molecule has 1 atom stereocenters. The normalized spacial score (nSPS) is 13.8. The van der Waals surface area contributed by atoms with Crippen LogP contribution in [0.15, 0.2) is 12.1 Å². The molecule has 0 saturated carbocycles. The Labute approximate surface area is 79.6 Å². The summed E-state index contributed by atoms with van der Waals surface area (Å²) in [5.74, 6) is 1.43. The Balaban J connectivity index is 2.77. The average molecular weight is 182 g/mol. The molecule has 0 radical (unpaired) electrons. The Kier molecular flexibility index (Phi) is 3.33. The highest BCUT2D eigenvalue weighted by atomic mass is 32.1. The van der Waals surface area contributed by atoms with E-state index in [1.807, 2.05) is 11.3 Å². The van der Waals surface area contributed by atoms with Gasteiger partial charge in [-0.05, 0) is 30.4 Å². The lowest BCUT2D eigenvalue weighted by Gasteiger charge is -2.04. The SMILES string of the molecule is CCC(C)c1ccc(C(C)C)s1. The monoisotopic (exact) mass is 182 g/mol. The van der Waals surface area contributed by atoms with Gasteiger partial charge in [0.1, 0.15) is 0 Å². The van der Waals surface area contributed by atoms with Crippen LogP contribution in [0.3, 0.4) is 0 Å². The van der Waals surface area contributed by atoms with Crippen molar-refractivity contribution in [1.29, 1.82) is 0 Å². The first kappa shape index (κ1) is 9.79. The highest BCUT2D eigenvalue weighted by Gasteiger charge is 2.07. The number of thiophene rings is 1. The molecule has 0 nitrogen and oxygen atoms in total. The second kappa shape index (κ2) is 4.08. The van der Waals surface area contributed by atoms with E-state index in [4.69, 9.17) is 0 Å². The van der Waals surface area contributed by atoms with Gasteiger partial charge in [0.2, 0.25) is 0 Å². The standard InChI is InChI=1S/C11H18S/c1-5-9(4)11-7-6-10(12-11)8(2)3/h6-9H,5H2,1-4H3. The van der Waals surface area contributed by atoms with Crippen LogP contribution in [0.4, 0.5) is 0 Å². The predicted molar refractivity (Wildman–Crippen MR) is 57.1 cm³/mol. The van der Waals surface area contributed by atoms with Gasteiger partial charge < -0.3 is 0 Å². The van der Waals surface area contributed by atoms with E-state index < -0.39 is 0 Å². The summed E-state index contributed by atoms with van der Waals surface area (Å²) in [6.45, 7) is 9.06. The first-order valence-electron chi connectivity index (χ1n) is 4.74. The van der Waals surface area contributed by atoms with Crippen molar-refractivity contribution in [2.24, 2.45) is 0 Å². The first-order chi connectivity index (χ1) is 5.65. The van der Waals surface area contributed by atoms with E-state index in [-0.39, 0.29) is 0 Å². The maximum atomic E-state index is 2.30. The molecule has 0 aliphatic heterocycles. The van der Waals surface area contributed by atoms with Gasteiger partial charge in [0.05, 0.1) is 0 Å². The van der Waals surface area contributed by atoms with E-state index in [9.17, 15) is 0 Å². The van der Waals surface area contributed by atoms with E-state index in [2.05, 4.69) is 39.8 Å². The summed E-state index contributed by atoms with van der Waals surface area (Å²) in [5, 5.41) is 0. The van der Waals surface area contributed by atoms with E-state index in [1.54, 1.807) is 4.88 Å². The van der Waals surface area contributed by atoms with Crippen LogP contribution in [0.25, 0.3) is 0 Å². The van der Waals surface area contributed by atoms with Gasteiger partial charge in [-0.25, -0.2) is 0 Å². The third-order valence-electron chi connectivity index (χ3n) is 2.31. The summed E-state index contributed by atoms with van der Waals surface area (Å²) in [4.78, 5) is 3.06. The maximum absolute atomic E-state index is 2.30. The fraction of sp³-hybridized carbons (Fsp3) is 0.636. The topological polar surface area (TPSA) is 0 Å². The molecule has 0 aromatic carbocycles. The molecule has 1 aromatic heterocycles. The van der Waals surface area contributed by atoms with Gasteiger partial charge >= 0.3 is 0 Å². The highest BCUT2D eigenvalue weighted by molar-refractivity contribution is 7.12. The van der Waals surface area contributed by atoms with Crippen molar-refractivity contribution in [2.75, 3.05) is 0 Å². The van der Waals surface area contributed by atoms with Crippen molar-refractivity contribution in [3.63, 3.8) is 0 Å². The van der Waals surface area contributed by atoms with E-state index in [1.165, 1.54) is 11.3 Å². The van der Waals surface area contributed by atoms with Crippen LogP contribution < -0.4 is 0 Å². The average Bonchev–Trinajstić information content (AvgIpc) is 2.51. The summed E-state index contributed by atoms with van der Waals surface area (Å²) in [6.07, 6.45) is 1.25. The molecule has 1 heteroatoms. The zero-order valence-electron chi connectivity index (χ0n) is 8.42. The molecule has 0 bridgehead atoms. The molecule has 0 aliphatic rings. The Morgan fingerprint density at radius 3 is 2.17 bits per heavy atom. The van der Waals surface area contributed by atoms with Crippen molar-refractivity contribution < 1.29 is 0 Å². The minimum Gasteiger partial charge on any atom is -0.145 e. The number of hydrogen-bond acceptors (Lipinski definition) is 1. The maximum Gasteiger partial charge on any atom is 0.00763 e. The minimum atomic E-state index is 0.688. The molecule has 1 heterocycles. The molecule has 68 valence electrons. The third-order valence-corrected chi connectivity index (χ3v) is 3.93. The Hall–Kier alpha value is -0.300. The van der Waals surface area contributed by atoms with Gasteiger partial charge in [0.25, 0.3) is 0 Å². The summed E-state index contributed by atoms with van der Waals surface area (Å²) in [6, 6.07) is 4.56. The predicted octanol–water partition coefficient (Wildman–Crippen LogP) is 4.39. The van der Waals surface area contributed by atoms with E-state index in [0.29, 0.717) is 5.92 Å². The summed E-state index contributed by atoms with van der Waals surface area (Å²) in [5.41, 5.74) is 0. The van der Waals surface area contributed by atoms with Gasteiger partial charge in [-0.3, -0.25) is 0 Å². The lowest BCUT2D eigenvalue weighted by atomic mass is 10.1. The first-order valence-corrected chi connectivity index (χ1v) is 5.56. The van der Waals surface area contributed by atoms with Crippen molar-refractivity contribution in [3.05, 3.63) is 21.9 Å². The van der Waals surface area contributed by atoms with Crippen molar-refractivity contribution in [2.45, 2.75) is 46.0 Å². The highest BCUT2D eigenvalue weighted by Crippen LogP contribution is 2.30. The second-order valence-electron chi connectivity index (χ2n) is 3.70. The van der Waals surface area contributed by atoms with E-state index in [0.717, 1.165) is 5.92 Å². The smallest absolute Gasteiger partial charge is 0.00763 e. The van der Waals surface area contributed by atoms with Gasteiger partial charge in [-0.1, -0.05) is 27.7 Å². The summed E-state index contributed by atoms with van der Waals surface area (Å²) < 4.78 is 0. The Bertz CT molecular complexity index is 235. The largest absolute Gasteiger partial charge is 0.145 e. The minimum absolute atomic E-state index is 0.688. The van der Waals surface area contributed by atoms with Crippen LogP contribution in [-0.4, -0.2) is 0 Å². The summed E-state index contributed by atoms with van der Waals surface area (Å²) >= 11 is 1.97. The van der Waals surface area contributed by atoms with Gasteiger partial charge in [-0.2, -0.15) is 0 Å². The van der Waals surface area contributed by atoms with Crippen molar-refractivity contribution in [3.8, 4) is 0 Å². The molecule has 0 aliphatic carbocycles. The van der Waals surface area contributed by atoms with Gasteiger partial charge in [0, 0.05) is 9.75 Å². The van der Waals surface area contributed by atoms with Crippen LogP contribution in [0.5, 0.6) is 0 Å². The number of hydrogen-bond donors (Lipinski definition) is 0. The molecule has 1 unspecified atom stereocenters.